The standard InChI is InChI=1S/C12H20N2O4S/c1-3-5-14-11(10(18-2)7-13-14)12(15)9-4-6-19(16,17)8-9/h7,9,12,15H,3-6,8H2,1-2H3. The zero-order valence-electron chi connectivity index (χ0n) is 11.2. The first-order chi connectivity index (χ1) is 8.98. The van der Waals surface area contributed by atoms with Gasteiger partial charge >= 0.3 is 0 Å². The molecule has 1 aromatic rings. The Morgan fingerprint density at radius 3 is 2.89 bits per heavy atom. The first-order valence-electron chi connectivity index (χ1n) is 6.46. The Kier molecular flexibility index (Phi) is 4.15. The van der Waals surface area contributed by atoms with Gasteiger partial charge in [0.2, 0.25) is 0 Å². The zero-order valence-corrected chi connectivity index (χ0v) is 12.1. The molecule has 1 saturated heterocycles. The van der Waals surface area contributed by atoms with Crippen LogP contribution in [0, 0.1) is 5.92 Å². The van der Waals surface area contributed by atoms with Gasteiger partial charge in [0.05, 0.1) is 24.8 Å². The van der Waals surface area contributed by atoms with E-state index in [2.05, 4.69) is 5.10 Å². The second-order valence-corrected chi connectivity index (χ2v) is 7.16. The van der Waals surface area contributed by atoms with Crippen molar-refractivity contribution in [3.05, 3.63) is 11.9 Å². The molecular weight excluding hydrogens is 268 g/mol. The van der Waals surface area contributed by atoms with Crippen LogP contribution in [0.4, 0.5) is 0 Å². The second-order valence-electron chi connectivity index (χ2n) is 4.93. The maximum atomic E-state index is 11.5. The third kappa shape index (κ3) is 2.92. The van der Waals surface area contributed by atoms with Gasteiger partial charge in [-0.25, -0.2) is 8.42 Å². The minimum atomic E-state index is -3.01. The summed E-state index contributed by atoms with van der Waals surface area (Å²) in [5, 5.41) is 14.6. The molecule has 19 heavy (non-hydrogen) atoms. The monoisotopic (exact) mass is 288 g/mol. The van der Waals surface area contributed by atoms with Crippen molar-refractivity contribution in [1.82, 2.24) is 9.78 Å². The summed E-state index contributed by atoms with van der Waals surface area (Å²) < 4.78 is 29.9. The predicted molar refractivity (Wildman–Crippen MR) is 70.8 cm³/mol. The smallest absolute Gasteiger partial charge is 0.162 e. The van der Waals surface area contributed by atoms with Crippen LogP contribution >= 0.6 is 0 Å². The first-order valence-corrected chi connectivity index (χ1v) is 8.28. The van der Waals surface area contributed by atoms with E-state index in [1.54, 1.807) is 10.9 Å². The topological polar surface area (TPSA) is 81.4 Å². The molecular formula is C12H20N2O4S. The van der Waals surface area contributed by atoms with Gasteiger partial charge in [-0.1, -0.05) is 6.92 Å². The number of sulfone groups is 1. The maximum absolute atomic E-state index is 11.5. The van der Waals surface area contributed by atoms with Gasteiger partial charge in [0.15, 0.2) is 15.6 Å². The van der Waals surface area contributed by atoms with Crippen molar-refractivity contribution >= 4 is 9.84 Å². The molecule has 0 aliphatic carbocycles. The van der Waals surface area contributed by atoms with Crippen molar-refractivity contribution in [1.29, 1.82) is 0 Å². The first kappa shape index (κ1) is 14.3. The Labute approximate surface area is 113 Å². The number of aliphatic hydroxyl groups is 1. The Hall–Kier alpha value is -1.08. The van der Waals surface area contributed by atoms with Crippen molar-refractivity contribution in [2.45, 2.75) is 32.4 Å². The van der Waals surface area contributed by atoms with Gasteiger partial charge in [-0.2, -0.15) is 5.10 Å². The molecule has 0 spiro atoms. The molecule has 6 nitrogen and oxygen atoms in total. The Bertz CT molecular complexity index is 538. The average Bonchev–Trinajstić information content (AvgIpc) is 2.92. The van der Waals surface area contributed by atoms with Crippen molar-refractivity contribution in [2.24, 2.45) is 5.92 Å². The minimum absolute atomic E-state index is 0.0363. The van der Waals surface area contributed by atoms with E-state index in [1.165, 1.54) is 7.11 Å². The molecule has 1 fully saturated rings. The quantitative estimate of drug-likeness (QED) is 0.865. The van der Waals surface area contributed by atoms with Gasteiger partial charge in [0.25, 0.3) is 0 Å². The van der Waals surface area contributed by atoms with Crippen molar-refractivity contribution < 1.29 is 18.3 Å². The Balaban J connectivity index is 2.27. The van der Waals surface area contributed by atoms with E-state index in [9.17, 15) is 13.5 Å². The number of aliphatic hydroxyl groups excluding tert-OH is 1. The third-order valence-electron chi connectivity index (χ3n) is 3.49. The molecule has 108 valence electrons. The number of nitrogens with zero attached hydrogens (tertiary/aromatic N) is 2. The minimum Gasteiger partial charge on any atom is -0.493 e. The predicted octanol–water partition coefficient (Wildman–Crippen LogP) is 0.770. The number of rotatable bonds is 5. The summed E-state index contributed by atoms with van der Waals surface area (Å²) in [5.74, 6) is 0.435. The molecule has 0 saturated carbocycles. The van der Waals surface area contributed by atoms with E-state index in [1.807, 2.05) is 6.92 Å². The lowest BCUT2D eigenvalue weighted by molar-refractivity contribution is 0.108. The second kappa shape index (κ2) is 5.50. The summed E-state index contributed by atoms with van der Waals surface area (Å²) >= 11 is 0. The molecule has 1 aliphatic rings. The lowest BCUT2D eigenvalue weighted by atomic mass is 9.99. The molecule has 2 atom stereocenters. The van der Waals surface area contributed by atoms with Gasteiger partial charge in [0.1, 0.15) is 11.8 Å². The normalized spacial score (nSPS) is 23.4. The van der Waals surface area contributed by atoms with Gasteiger partial charge in [-0.3, -0.25) is 4.68 Å². The number of hydrogen-bond acceptors (Lipinski definition) is 5. The molecule has 2 heterocycles. The average molecular weight is 288 g/mol. The molecule has 1 aromatic heterocycles. The van der Waals surface area contributed by atoms with Crippen molar-refractivity contribution in [2.75, 3.05) is 18.6 Å². The van der Waals surface area contributed by atoms with Crippen LogP contribution in [0.2, 0.25) is 0 Å². The highest BCUT2D eigenvalue weighted by Gasteiger charge is 2.36. The highest BCUT2D eigenvalue weighted by atomic mass is 32.2. The number of aromatic nitrogens is 2. The summed E-state index contributed by atoms with van der Waals surface area (Å²) in [4.78, 5) is 0. The third-order valence-corrected chi connectivity index (χ3v) is 5.29. The largest absolute Gasteiger partial charge is 0.493 e. The van der Waals surface area contributed by atoms with Crippen molar-refractivity contribution in [3.8, 4) is 5.75 Å². The number of hydrogen-bond donors (Lipinski definition) is 1. The number of ether oxygens (including phenoxy) is 1. The summed E-state index contributed by atoms with van der Waals surface area (Å²) in [5.41, 5.74) is 0.589. The van der Waals surface area contributed by atoms with Crippen LogP contribution in [-0.4, -0.2) is 41.9 Å². The molecule has 0 radical (unpaired) electrons. The van der Waals surface area contributed by atoms with Crippen LogP contribution in [0.5, 0.6) is 5.75 Å². The fraction of sp³-hybridized carbons (Fsp3) is 0.750. The van der Waals surface area contributed by atoms with Crippen LogP contribution in [0.1, 0.15) is 31.6 Å². The molecule has 0 bridgehead atoms. The summed E-state index contributed by atoms with van der Waals surface area (Å²) in [7, 11) is -1.48. The van der Waals surface area contributed by atoms with E-state index < -0.39 is 15.9 Å². The molecule has 1 aliphatic heterocycles. The molecule has 0 amide bonds. The van der Waals surface area contributed by atoms with Crippen LogP contribution in [0.25, 0.3) is 0 Å². The fourth-order valence-electron chi connectivity index (χ4n) is 2.52. The van der Waals surface area contributed by atoms with Crippen LogP contribution in [-0.2, 0) is 16.4 Å². The molecule has 2 unspecified atom stereocenters. The van der Waals surface area contributed by atoms with E-state index >= 15 is 0 Å². The van der Waals surface area contributed by atoms with E-state index in [4.69, 9.17) is 4.74 Å². The Morgan fingerprint density at radius 2 is 2.37 bits per heavy atom. The SMILES string of the molecule is CCCn1ncc(OC)c1C(O)C1CCS(=O)(=O)C1. The van der Waals surface area contributed by atoms with Gasteiger partial charge in [0, 0.05) is 12.5 Å². The van der Waals surface area contributed by atoms with E-state index in [0.29, 0.717) is 24.4 Å². The number of aryl methyl sites for hydroxylation is 1. The van der Waals surface area contributed by atoms with Crippen molar-refractivity contribution in [3.63, 3.8) is 0 Å². The van der Waals surface area contributed by atoms with Gasteiger partial charge in [-0.15, -0.1) is 0 Å². The molecule has 1 N–H and O–H groups in total. The highest BCUT2D eigenvalue weighted by Crippen LogP contribution is 2.35. The van der Waals surface area contributed by atoms with E-state index in [0.717, 1.165) is 6.42 Å². The lowest BCUT2D eigenvalue weighted by Gasteiger charge is -2.19. The molecule has 2 rings (SSSR count). The molecule has 0 aromatic carbocycles. The van der Waals surface area contributed by atoms with E-state index in [-0.39, 0.29) is 17.4 Å². The number of methoxy groups -OCH3 is 1. The van der Waals surface area contributed by atoms with Gasteiger partial charge in [-0.05, 0) is 12.8 Å². The Morgan fingerprint density at radius 1 is 1.63 bits per heavy atom. The van der Waals surface area contributed by atoms with Crippen LogP contribution in [0.3, 0.4) is 0 Å². The molecule has 7 heteroatoms. The lowest BCUT2D eigenvalue weighted by Crippen LogP contribution is -2.19. The highest BCUT2D eigenvalue weighted by molar-refractivity contribution is 7.91. The zero-order chi connectivity index (χ0) is 14.0. The fourth-order valence-corrected chi connectivity index (χ4v) is 4.35. The summed E-state index contributed by atoms with van der Waals surface area (Å²) in [6, 6.07) is 0. The summed E-state index contributed by atoms with van der Waals surface area (Å²) in [6.07, 6.45) is 2.09. The van der Waals surface area contributed by atoms with Crippen LogP contribution in [0.15, 0.2) is 6.20 Å². The summed E-state index contributed by atoms with van der Waals surface area (Å²) in [6.45, 7) is 2.69. The maximum Gasteiger partial charge on any atom is 0.162 e. The van der Waals surface area contributed by atoms with Gasteiger partial charge < -0.3 is 9.84 Å². The van der Waals surface area contributed by atoms with Crippen LogP contribution < -0.4 is 4.74 Å².